The molecule has 1 aromatic heterocycles. The van der Waals surface area contributed by atoms with Gasteiger partial charge in [0.1, 0.15) is 11.5 Å². The SMILES string of the molecule is CCC(C)c1nc(C(F)(F)F)ccc1C=CC(=O)NC(C)c1ccc(NS(C)(=O)=O)c(F)c1. The van der Waals surface area contributed by atoms with Crippen LogP contribution in [-0.2, 0) is 21.0 Å². The summed E-state index contributed by atoms with van der Waals surface area (Å²) in [4.78, 5) is 16.1. The van der Waals surface area contributed by atoms with Crippen molar-refractivity contribution in [1.29, 1.82) is 0 Å². The van der Waals surface area contributed by atoms with Gasteiger partial charge in [-0.2, -0.15) is 13.2 Å². The maximum absolute atomic E-state index is 14.2. The van der Waals surface area contributed by atoms with E-state index in [2.05, 4.69) is 10.3 Å². The van der Waals surface area contributed by atoms with E-state index in [9.17, 15) is 30.8 Å². The van der Waals surface area contributed by atoms with Crippen LogP contribution in [0.1, 0.15) is 61.7 Å². The minimum absolute atomic E-state index is 0.216. The molecule has 0 saturated heterocycles. The van der Waals surface area contributed by atoms with E-state index in [4.69, 9.17) is 0 Å². The number of pyridine rings is 1. The Bertz CT molecular complexity index is 1150. The molecule has 2 N–H and O–H groups in total. The van der Waals surface area contributed by atoms with Gasteiger partial charge in [0, 0.05) is 6.08 Å². The van der Waals surface area contributed by atoms with Gasteiger partial charge in [0.05, 0.1) is 23.7 Å². The van der Waals surface area contributed by atoms with E-state index >= 15 is 0 Å². The Labute approximate surface area is 190 Å². The number of hydrogen-bond acceptors (Lipinski definition) is 4. The minimum atomic E-state index is -4.57. The van der Waals surface area contributed by atoms with Crippen molar-refractivity contribution in [2.75, 3.05) is 11.0 Å². The molecule has 2 atom stereocenters. The number of nitrogens with zero attached hydrogens (tertiary/aromatic N) is 1. The second-order valence-corrected chi connectivity index (χ2v) is 9.40. The lowest BCUT2D eigenvalue weighted by Gasteiger charge is -2.16. The van der Waals surface area contributed by atoms with Crippen molar-refractivity contribution < 1.29 is 30.8 Å². The molecule has 1 heterocycles. The molecule has 0 fully saturated rings. The third-order valence-corrected chi connectivity index (χ3v) is 5.48. The van der Waals surface area contributed by atoms with Gasteiger partial charge in [-0.05, 0) is 54.7 Å². The molecule has 1 aromatic carbocycles. The Hall–Kier alpha value is -2.95. The van der Waals surface area contributed by atoms with Gasteiger partial charge in [-0.3, -0.25) is 9.52 Å². The molecule has 1 amide bonds. The van der Waals surface area contributed by atoms with Crippen LogP contribution in [0.2, 0.25) is 0 Å². The highest BCUT2D eigenvalue weighted by Crippen LogP contribution is 2.31. The number of carbonyl (C=O) groups is 1. The van der Waals surface area contributed by atoms with E-state index in [0.717, 1.165) is 18.4 Å². The summed E-state index contributed by atoms with van der Waals surface area (Å²) in [5, 5.41) is 2.63. The number of hydrogen-bond donors (Lipinski definition) is 2. The average Bonchev–Trinajstić information content (AvgIpc) is 2.71. The molecule has 0 aliphatic heterocycles. The van der Waals surface area contributed by atoms with Crippen LogP contribution in [0, 0.1) is 5.82 Å². The number of aromatic nitrogens is 1. The first kappa shape index (κ1) is 26.3. The molecule has 6 nitrogen and oxygen atoms in total. The standard InChI is InChI=1S/C22H25F4N3O3S/c1-5-13(2)21-15(7-10-19(28-21)22(24,25)26)8-11-20(30)27-14(3)16-6-9-18(17(23)12-16)29-33(4,31)32/h6-14,29H,5H2,1-4H3,(H,27,30). The van der Waals surface area contributed by atoms with Crippen LogP contribution in [0.5, 0.6) is 0 Å². The summed E-state index contributed by atoms with van der Waals surface area (Å²) in [6, 6.07) is 5.32. The Morgan fingerprint density at radius 1 is 1.18 bits per heavy atom. The van der Waals surface area contributed by atoms with Crippen molar-refractivity contribution in [3.63, 3.8) is 0 Å². The zero-order chi connectivity index (χ0) is 25.0. The Morgan fingerprint density at radius 2 is 1.85 bits per heavy atom. The number of amides is 1. The average molecular weight is 488 g/mol. The number of alkyl halides is 3. The molecule has 33 heavy (non-hydrogen) atoms. The molecule has 0 aliphatic carbocycles. The van der Waals surface area contributed by atoms with Crippen LogP contribution in [-0.4, -0.2) is 25.6 Å². The number of benzene rings is 1. The third-order valence-electron chi connectivity index (χ3n) is 4.89. The van der Waals surface area contributed by atoms with Crippen molar-refractivity contribution in [1.82, 2.24) is 10.3 Å². The molecule has 0 saturated carbocycles. The smallest absolute Gasteiger partial charge is 0.346 e. The molecule has 0 spiro atoms. The molecule has 180 valence electrons. The van der Waals surface area contributed by atoms with Gasteiger partial charge >= 0.3 is 6.18 Å². The van der Waals surface area contributed by atoms with Crippen molar-refractivity contribution in [2.45, 2.75) is 45.3 Å². The highest BCUT2D eigenvalue weighted by Gasteiger charge is 2.33. The fourth-order valence-electron chi connectivity index (χ4n) is 2.97. The summed E-state index contributed by atoms with van der Waals surface area (Å²) in [5.74, 6) is -1.60. The molecule has 2 rings (SSSR count). The van der Waals surface area contributed by atoms with Crippen LogP contribution < -0.4 is 10.0 Å². The van der Waals surface area contributed by atoms with E-state index in [1.807, 2.05) is 11.6 Å². The van der Waals surface area contributed by atoms with Crippen molar-refractivity contribution in [2.24, 2.45) is 0 Å². The number of anilines is 1. The van der Waals surface area contributed by atoms with Crippen LogP contribution in [0.3, 0.4) is 0 Å². The summed E-state index contributed by atoms with van der Waals surface area (Å²) in [6.07, 6.45) is -0.555. The van der Waals surface area contributed by atoms with E-state index in [1.165, 1.54) is 30.4 Å². The lowest BCUT2D eigenvalue weighted by atomic mass is 9.98. The lowest BCUT2D eigenvalue weighted by Crippen LogP contribution is -2.24. The van der Waals surface area contributed by atoms with E-state index in [-0.39, 0.29) is 17.3 Å². The van der Waals surface area contributed by atoms with Crippen LogP contribution in [0.25, 0.3) is 6.08 Å². The molecule has 0 bridgehead atoms. The Balaban J connectivity index is 2.17. The summed E-state index contributed by atoms with van der Waals surface area (Å²) in [6.45, 7) is 5.18. The second-order valence-electron chi connectivity index (χ2n) is 7.66. The number of nitrogens with one attached hydrogen (secondary N) is 2. The van der Waals surface area contributed by atoms with Crippen molar-refractivity contribution in [3.8, 4) is 0 Å². The van der Waals surface area contributed by atoms with E-state index < -0.39 is 39.7 Å². The van der Waals surface area contributed by atoms with Gasteiger partial charge < -0.3 is 5.32 Å². The molecule has 2 unspecified atom stereocenters. The predicted molar refractivity (Wildman–Crippen MR) is 118 cm³/mol. The molecule has 2 aromatic rings. The van der Waals surface area contributed by atoms with Crippen LogP contribution >= 0.6 is 0 Å². The van der Waals surface area contributed by atoms with Gasteiger partial charge in [0.15, 0.2) is 0 Å². The Morgan fingerprint density at radius 3 is 2.39 bits per heavy atom. The van der Waals surface area contributed by atoms with Gasteiger partial charge in [0.2, 0.25) is 15.9 Å². The van der Waals surface area contributed by atoms with Crippen LogP contribution in [0.15, 0.2) is 36.4 Å². The lowest BCUT2D eigenvalue weighted by molar-refractivity contribution is -0.141. The summed E-state index contributed by atoms with van der Waals surface area (Å²) < 4.78 is 77.8. The van der Waals surface area contributed by atoms with Gasteiger partial charge in [-0.25, -0.2) is 17.8 Å². The number of sulfonamides is 1. The monoisotopic (exact) mass is 487 g/mol. The second kappa shape index (κ2) is 10.3. The topological polar surface area (TPSA) is 88.2 Å². The first-order valence-electron chi connectivity index (χ1n) is 10.0. The third kappa shape index (κ3) is 7.55. The first-order chi connectivity index (χ1) is 15.2. The van der Waals surface area contributed by atoms with Gasteiger partial charge in [0.25, 0.3) is 0 Å². The zero-order valence-electron chi connectivity index (χ0n) is 18.5. The normalized spacial score (nSPS) is 14.2. The van der Waals surface area contributed by atoms with Crippen molar-refractivity contribution in [3.05, 3.63) is 64.7 Å². The summed E-state index contributed by atoms with van der Waals surface area (Å²) in [7, 11) is -3.64. The zero-order valence-corrected chi connectivity index (χ0v) is 19.3. The largest absolute Gasteiger partial charge is 0.433 e. The van der Waals surface area contributed by atoms with E-state index in [0.29, 0.717) is 17.5 Å². The van der Waals surface area contributed by atoms with Gasteiger partial charge in [-0.1, -0.05) is 26.0 Å². The highest BCUT2D eigenvalue weighted by atomic mass is 32.2. The van der Waals surface area contributed by atoms with E-state index in [1.54, 1.807) is 13.8 Å². The predicted octanol–water partition coefficient (Wildman–Crippen LogP) is 5.02. The molecule has 11 heteroatoms. The minimum Gasteiger partial charge on any atom is -0.346 e. The molecular weight excluding hydrogens is 462 g/mol. The number of carbonyl (C=O) groups excluding carboxylic acids is 1. The number of halogens is 4. The quantitative estimate of drug-likeness (QED) is 0.405. The molecular formula is C22H25F4N3O3S. The summed E-state index contributed by atoms with van der Waals surface area (Å²) in [5.41, 5.74) is -0.191. The fourth-order valence-corrected chi connectivity index (χ4v) is 3.53. The highest BCUT2D eigenvalue weighted by molar-refractivity contribution is 7.92. The summed E-state index contributed by atoms with van der Waals surface area (Å²) >= 11 is 0. The molecule has 0 radical (unpaired) electrons. The van der Waals surface area contributed by atoms with Gasteiger partial charge in [-0.15, -0.1) is 0 Å². The Kier molecular flexibility index (Phi) is 8.23. The first-order valence-corrected chi connectivity index (χ1v) is 11.9. The maximum Gasteiger partial charge on any atom is 0.433 e. The fraction of sp³-hybridized carbons (Fsp3) is 0.364. The van der Waals surface area contributed by atoms with Crippen molar-refractivity contribution >= 4 is 27.7 Å². The van der Waals surface area contributed by atoms with Crippen LogP contribution in [0.4, 0.5) is 23.2 Å². The number of rotatable bonds is 8. The maximum atomic E-state index is 14.2. The molecule has 0 aliphatic rings.